The number of aryl methyl sites for hydroxylation is 2. The lowest BCUT2D eigenvalue weighted by Gasteiger charge is -2.36. The topological polar surface area (TPSA) is 198 Å². The maximum absolute atomic E-state index is 17.1. The highest BCUT2D eigenvalue weighted by Gasteiger charge is 2.44. The first-order chi connectivity index (χ1) is 37.2. The second-order valence-corrected chi connectivity index (χ2v) is 22.6. The number of nitrogens with one attached hydrogen (secondary N) is 2. The molecule has 0 aliphatic carbocycles. The van der Waals surface area contributed by atoms with Crippen LogP contribution in [0.5, 0.6) is 11.8 Å². The highest BCUT2D eigenvalue weighted by atomic mass is 32.1. The molecule has 0 saturated carbocycles. The number of likely N-dealkylation sites (tertiary alicyclic amines) is 2. The molecule has 4 aromatic heterocycles. The zero-order chi connectivity index (χ0) is 53.6. The van der Waals surface area contributed by atoms with Crippen molar-refractivity contribution in [2.45, 2.75) is 115 Å². The van der Waals surface area contributed by atoms with Crippen molar-refractivity contribution in [2.75, 3.05) is 62.7 Å². The van der Waals surface area contributed by atoms with Crippen LogP contribution in [0.2, 0.25) is 0 Å². The van der Waals surface area contributed by atoms with Crippen LogP contribution >= 0.6 is 11.3 Å². The molecule has 2 amide bonds. The van der Waals surface area contributed by atoms with Gasteiger partial charge >= 0.3 is 6.01 Å². The number of piperazine rings is 1. The van der Waals surface area contributed by atoms with E-state index < -0.39 is 23.9 Å². The van der Waals surface area contributed by atoms with Gasteiger partial charge in [0.15, 0.2) is 17.4 Å². The number of aromatic nitrogens is 5. The molecule has 11 rings (SSSR count). The first kappa shape index (κ1) is 52.3. The number of hydrogen-bond donors (Lipinski definition) is 4. The minimum atomic E-state index is -0.841. The van der Waals surface area contributed by atoms with Crippen LogP contribution in [0.1, 0.15) is 94.3 Å². The van der Waals surface area contributed by atoms with E-state index in [1.807, 2.05) is 88.8 Å². The molecule has 4 fully saturated rings. The zero-order valence-corrected chi connectivity index (χ0v) is 45.4. The number of carbonyl (C=O) groups is 2. The quantitative estimate of drug-likeness (QED) is 0.0722. The summed E-state index contributed by atoms with van der Waals surface area (Å²) < 4.78 is 29.4. The lowest BCUT2D eigenvalue weighted by atomic mass is 9.91. The van der Waals surface area contributed by atoms with Crippen LogP contribution in [-0.4, -0.2) is 140 Å². The Labute approximate surface area is 451 Å². The molecule has 17 nitrogen and oxygen atoms in total. The summed E-state index contributed by atoms with van der Waals surface area (Å²) in [5.41, 5.74) is 6.58. The lowest BCUT2D eigenvalue weighted by Crippen LogP contribution is -2.51. The van der Waals surface area contributed by atoms with Gasteiger partial charge in [-0.15, -0.1) is 11.3 Å². The smallest absolute Gasteiger partial charge is 0.319 e. The van der Waals surface area contributed by atoms with Gasteiger partial charge in [-0.1, -0.05) is 68.4 Å². The molecule has 7 aromatic rings. The van der Waals surface area contributed by atoms with Crippen molar-refractivity contribution in [3.8, 4) is 33.5 Å². The fourth-order valence-electron chi connectivity index (χ4n) is 12.1. The van der Waals surface area contributed by atoms with Gasteiger partial charge in [-0.05, 0) is 91.5 Å². The highest BCUT2D eigenvalue weighted by molar-refractivity contribution is 7.13. The first-order valence-electron chi connectivity index (χ1n) is 27.2. The monoisotopic (exact) mass is 1070 g/mol. The number of β-amino-alcohol motifs (C(OH)–C–C–N with tert-alkyl or cyclic N) is 1. The van der Waals surface area contributed by atoms with Gasteiger partial charge in [0.1, 0.15) is 41.3 Å². The summed E-state index contributed by atoms with van der Waals surface area (Å²) in [6.07, 6.45) is 5.52. The number of fused-ring (bicyclic) bond motifs is 4. The Hall–Kier alpha value is -6.80. The summed E-state index contributed by atoms with van der Waals surface area (Å²) in [7, 11) is 1.99. The number of aliphatic hydroxyl groups excluding tert-OH is 1. The van der Waals surface area contributed by atoms with Crippen molar-refractivity contribution in [2.24, 2.45) is 5.92 Å². The third kappa shape index (κ3) is 10.5. The van der Waals surface area contributed by atoms with Gasteiger partial charge < -0.3 is 44.8 Å². The number of pyridine rings is 1. The molecule has 3 aromatic carbocycles. The molecule has 4 aliphatic heterocycles. The first-order valence-corrected chi connectivity index (χ1v) is 28.0. The van der Waals surface area contributed by atoms with Crippen molar-refractivity contribution in [1.29, 1.82) is 0 Å². The summed E-state index contributed by atoms with van der Waals surface area (Å²) in [5.74, 6) is -0.411. The molecule has 0 spiro atoms. The Morgan fingerprint density at radius 1 is 1.00 bits per heavy atom. The number of carbonyl (C=O) groups excluding carboxylic acids is 2. The minimum absolute atomic E-state index is 0.0306. The summed E-state index contributed by atoms with van der Waals surface area (Å²) in [6, 6.07) is 18.8. The number of phenols is 1. The number of anilines is 2. The average Bonchev–Trinajstić information content (AvgIpc) is 4.26. The molecule has 0 radical (unpaired) electrons. The number of rotatable bonds is 16. The molecule has 19 heteroatoms. The van der Waals surface area contributed by atoms with Gasteiger partial charge in [0, 0.05) is 88.7 Å². The molecule has 4 N–H and O–H groups in total. The van der Waals surface area contributed by atoms with Crippen LogP contribution < -0.4 is 25.2 Å². The maximum atomic E-state index is 17.1. The summed E-state index contributed by atoms with van der Waals surface area (Å²) >= 11 is 1.59. The number of phenolic OH excluding ortho intramolecular Hbond substituents is 1. The van der Waals surface area contributed by atoms with Crippen LogP contribution in [0, 0.1) is 18.7 Å². The summed E-state index contributed by atoms with van der Waals surface area (Å²) in [6.45, 7) is 13.9. The van der Waals surface area contributed by atoms with Gasteiger partial charge in [0.05, 0.1) is 33.6 Å². The number of amides is 2. The second kappa shape index (κ2) is 21.9. The fraction of sp³-hybridized carbons (Fsp3) is 0.466. The van der Waals surface area contributed by atoms with Crippen molar-refractivity contribution < 1.29 is 33.5 Å². The number of halogens is 1. The number of aliphatic hydroxyl groups is 1. The van der Waals surface area contributed by atoms with Crippen molar-refractivity contribution in [1.82, 2.24) is 45.5 Å². The normalized spacial score (nSPS) is 20.8. The van der Waals surface area contributed by atoms with Crippen molar-refractivity contribution in [3.05, 3.63) is 101 Å². The Morgan fingerprint density at radius 3 is 2.48 bits per heavy atom. The van der Waals surface area contributed by atoms with E-state index in [1.165, 1.54) is 4.90 Å². The molecular weight excluding hydrogens is 998 g/mol. The number of ether oxygens (including phenoxy) is 1. The summed E-state index contributed by atoms with van der Waals surface area (Å²) in [4.78, 5) is 56.3. The minimum Gasteiger partial charge on any atom is -0.508 e. The van der Waals surface area contributed by atoms with Crippen LogP contribution in [-0.2, 0) is 16.0 Å². The largest absolute Gasteiger partial charge is 0.508 e. The van der Waals surface area contributed by atoms with Crippen LogP contribution in [0.3, 0.4) is 0 Å². The number of hydrogen-bond acceptors (Lipinski definition) is 16. The van der Waals surface area contributed by atoms with E-state index in [-0.39, 0.29) is 65.8 Å². The molecule has 8 heterocycles. The Balaban J connectivity index is 0.731. The molecule has 6 atom stereocenters. The number of thiazole rings is 1. The third-order valence-electron chi connectivity index (χ3n) is 16.3. The molecule has 2 bridgehead atoms. The highest BCUT2D eigenvalue weighted by Crippen LogP contribution is 2.40. The standard InChI is InChI=1S/C58H68FN11O6S/c1-7-35-9-8-10-38-23-42(71)24-44(50(35)38)52-51(59)53-45(27-60-52)55(69-28-39-15-16-40(29-69)63-39)65-58(64-53)75-22-21-68-19-17-41(18-20-68)67(6)48-26-47(76-66-48)49(32(2)3)57(74)70-30-43(72)25-46(70)56(73)62-33(4)36-11-13-37(14-12-36)54-34(5)61-31-77-54/h8-14,23-24,26-27,31-33,39-41,43,46,49,63,71-72H,7,15-22,25,28-30H2,1-6H3,(H,62,73)/t33-,39?,40?,43+,46-,49+/m0/s1. The Bertz CT molecular complexity index is 3280. The van der Waals surface area contributed by atoms with E-state index in [0.717, 1.165) is 96.3 Å². The second-order valence-electron chi connectivity index (χ2n) is 21.8. The molecule has 2 unspecified atom stereocenters. The van der Waals surface area contributed by atoms with Gasteiger partial charge in [-0.3, -0.25) is 19.5 Å². The molecule has 77 heavy (non-hydrogen) atoms. The number of aromatic hydroxyl groups is 1. The van der Waals surface area contributed by atoms with Gasteiger partial charge in [-0.2, -0.15) is 9.97 Å². The van der Waals surface area contributed by atoms with E-state index in [9.17, 15) is 19.8 Å². The molecular formula is C58H68FN11O6S. The van der Waals surface area contributed by atoms with E-state index in [4.69, 9.17) is 24.2 Å². The zero-order valence-electron chi connectivity index (χ0n) is 44.6. The Kier molecular flexibility index (Phi) is 14.9. The number of piperidine rings is 1. The Morgan fingerprint density at radius 2 is 1.77 bits per heavy atom. The number of benzene rings is 3. The lowest BCUT2D eigenvalue weighted by molar-refractivity contribution is -0.141. The molecule has 4 aliphatic rings. The fourth-order valence-corrected chi connectivity index (χ4v) is 13.0. The van der Waals surface area contributed by atoms with Gasteiger partial charge in [0.25, 0.3) is 0 Å². The average molecular weight is 1070 g/mol. The molecule has 404 valence electrons. The van der Waals surface area contributed by atoms with Crippen LogP contribution in [0.25, 0.3) is 43.4 Å². The predicted octanol–water partition coefficient (Wildman–Crippen LogP) is 8.17. The third-order valence-corrected chi connectivity index (χ3v) is 17.3. The van der Waals surface area contributed by atoms with E-state index in [0.29, 0.717) is 53.6 Å². The van der Waals surface area contributed by atoms with E-state index in [2.05, 4.69) is 42.4 Å². The van der Waals surface area contributed by atoms with Gasteiger partial charge in [-0.25, -0.2) is 9.37 Å². The van der Waals surface area contributed by atoms with Gasteiger partial charge in [0.2, 0.25) is 11.8 Å². The summed E-state index contributed by atoms with van der Waals surface area (Å²) in [5, 5.41) is 35.0. The van der Waals surface area contributed by atoms with Crippen LogP contribution in [0.4, 0.5) is 16.0 Å². The molecule has 4 saturated heterocycles. The maximum Gasteiger partial charge on any atom is 0.319 e. The van der Waals surface area contributed by atoms with Crippen molar-refractivity contribution >= 4 is 56.5 Å². The predicted molar refractivity (Wildman–Crippen MR) is 296 cm³/mol. The van der Waals surface area contributed by atoms with Crippen LogP contribution in [0.15, 0.2) is 76.9 Å². The van der Waals surface area contributed by atoms with E-state index in [1.54, 1.807) is 29.7 Å². The van der Waals surface area contributed by atoms with E-state index >= 15 is 4.39 Å². The SMILES string of the molecule is CCc1cccc2cc(O)cc(-c3ncc4c(N5CC6CCC(C5)N6)nc(OCCN5CCC(N(C)c6cc([C@H](C(=O)N7C[C@H](O)C[C@H]7C(=O)N[C@@H](C)c7ccc(-c8scnc8C)cc7)C(C)C)on6)CC5)nc4c3F)c12. The number of nitrogens with zero attached hydrogens (tertiary/aromatic N) is 9. The van der Waals surface area contributed by atoms with Crippen molar-refractivity contribution in [3.63, 3.8) is 0 Å².